The lowest BCUT2D eigenvalue weighted by atomic mass is 10.0. The molecule has 0 bridgehead atoms. The Balaban J connectivity index is 1.72. The van der Waals surface area contributed by atoms with Crippen LogP contribution in [0.1, 0.15) is 45.4 Å². The number of nitrogens with zero attached hydrogens (tertiary/aromatic N) is 6. The summed E-state index contributed by atoms with van der Waals surface area (Å²) in [5.74, 6) is -2.53. The fourth-order valence-electron chi connectivity index (χ4n) is 4.38. The van der Waals surface area contributed by atoms with Gasteiger partial charge >= 0.3 is 12.3 Å². The average molecular weight is 667 g/mol. The Kier molecular flexibility index (Phi) is 10.0. The van der Waals surface area contributed by atoms with Crippen molar-refractivity contribution >= 4 is 58.7 Å². The Morgan fingerprint density at radius 1 is 1.11 bits per heavy atom. The molecule has 17 heteroatoms. The van der Waals surface area contributed by atoms with Crippen molar-refractivity contribution in [2.75, 3.05) is 19.5 Å². The molecule has 0 aliphatic carbocycles. The summed E-state index contributed by atoms with van der Waals surface area (Å²) in [6, 6.07) is 10.7. The van der Waals surface area contributed by atoms with E-state index >= 15 is 0 Å². The standard InChI is InChI=1S/C28H27Cl2F3N8O4/c1-5-16-13-34-40(37-24(16)28(31,32)33)14-18-12-22(41(36-18)21-9-7-6-8-20(21)30)26(43)35-23-15(2)10-17(29)11-19(23)25(42)38-39(3)27(44)45-4/h6-13,16H,5,14H2,1-4H3,(H,35,43)(H,38,42). The van der Waals surface area contributed by atoms with Crippen LogP contribution in [0, 0.1) is 12.8 Å². The van der Waals surface area contributed by atoms with Gasteiger partial charge in [0.05, 0.1) is 34.8 Å². The molecule has 0 fully saturated rings. The Morgan fingerprint density at radius 3 is 2.47 bits per heavy atom. The number of nitrogens with one attached hydrogen (secondary N) is 2. The number of hydrazine groups is 1. The van der Waals surface area contributed by atoms with E-state index in [0.29, 0.717) is 11.3 Å². The lowest BCUT2D eigenvalue weighted by Gasteiger charge is -2.24. The van der Waals surface area contributed by atoms with Crippen molar-refractivity contribution in [2.45, 2.75) is 33.0 Å². The molecule has 2 heterocycles. The number of hydrogen-bond donors (Lipinski definition) is 2. The second kappa shape index (κ2) is 13.6. The number of amides is 3. The molecule has 0 saturated carbocycles. The van der Waals surface area contributed by atoms with Crippen molar-refractivity contribution in [3.63, 3.8) is 0 Å². The van der Waals surface area contributed by atoms with Gasteiger partial charge in [0.2, 0.25) is 0 Å². The first-order valence-corrected chi connectivity index (χ1v) is 14.0. The summed E-state index contributed by atoms with van der Waals surface area (Å²) in [7, 11) is 2.40. The summed E-state index contributed by atoms with van der Waals surface area (Å²) in [6.45, 7) is 2.89. The molecular weight excluding hydrogens is 640 g/mol. The molecule has 1 unspecified atom stereocenters. The summed E-state index contributed by atoms with van der Waals surface area (Å²) < 4.78 is 46.7. The van der Waals surface area contributed by atoms with Crippen LogP contribution in [-0.2, 0) is 11.3 Å². The van der Waals surface area contributed by atoms with Crippen molar-refractivity contribution in [1.29, 1.82) is 0 Å². The highest BCUT2D eigenvalue weighted by Gasteiger charge is 2.42. The van der Waals surface area contributed by atoms with Crippen LogP contribution in [-0.4, -0.2) is 70.1 Å². The van der Waals surface area contributed by atoms with Gasteiger partial charge in [0.25, 0.3) is 11.8 Å². The zero-order valence-corrected chi connectivity index (χ0v) is 25.8. The van der Waals surface area contributed by atoms with Crippen LogP contribution in [0.3, 0.4) is 0 Å². The van der Waals surface area contributed by atoms with E-state index < -0.39 is 35.7 Å². The summed E-state index contributed by atoms with van der Waals surface area (Å²) in [5.41, 5.74) is 2.11. The van der Waals surface area contributed by atoms with Gasteiger partial charge in [0.15, 0.2) is 5.71 Å². The van der Waals surface area contributed by atoms with Crippen LogP contribution in [0.15, 0.2) is 52.7 Å². The fourth-order valence-corrected chi connectivity index (χ4v) is 4.86. The number of ether oxygens (including phenoxy) is 1. The fraction of sp³-hybridized carbons (Fsp3) is 0.286. The Bertz CT molecular complexity index is 1690. The number of anilines is 1. The quantitative estimate of drug-likeness (QED) is 0.305. The number of aryl methyl sites for hydroxylation is 1. The third kappa shape index (κ3) is 7.54. The second-order valence-electron chi connectivity index (χ2n) is 9.75. The molecule has 2 aromatic carbocycles. The van der Waals surface area contributed by atoms with Crippen LogP contribution < -0.4 is 10.7 Å². The number of carbonyl (C=O) groups excluding carboxylic acids is 3. The van der Waals surface area contributed by atoms with Gasteiger partial charge in [-0.05, 0) is 49.2 Å². The lowest BCUT2D eigenvalue weighted by molar-refractivity contribution is -0.0639. The lowest BCUT2D eigenvalue weighted by Crippen LogP contribution is -2.43. The van der Waals surface area contributed by atoms with Crippen LogP contribution in [0.2, 0.25) is 10.0 Å². The molecule has 0 saturated heterocycles. The van der Waals surface area contributed by atoms with Gasteiger partial charge in [-0.2, -0.15) is 33.6 Å². The molecular formula is C28H27Cl2F3N8O4. The van der Waals surface area contributed by atoms with Gasteiger partial charge in [0, 0.05) is 24.2 Å². The Morgan fingerprint density at radius 2 is 1.82 bits per heavy atom. The Labute approximate surface area is 265 Å². The predicted octanol–water partition coefficient (Wildman–Crippen LogP) is 5.83. The first-order chi connectivity index (χ1) is 21.2. The third-order valence-corrected chi connectivity index (χ3v) is 7.10. The first-order valence-electron chi connectivity index (χ1n) is 13.3. The minimum Gasteiger partial charge on any atom is -0.452 e. The molecule has 1 aromatic heterocycles. The van der Waals surface area contributed by atoms with Crippen molar-refractivity contribution in [2.24, 2.45) is 16.1 Å². The van der Waals surface area contributed by atoms with E-state index in [1.54, 1.807) is 38.1 Å². The van der Waals surface area contributed by atoms with Gasteiger partial charge in [-0.3, -0.25) is 15.0 Å². The van der Waals surface area contributed by atoms with E-state index in [-0.39, 0.29) is 45.6 Å². The number of hydrazone groups is 2. The summed E-state index contributed by atoms with van der Waals surface area (Å²) >= 11 is 12.6. The van der Waals surface area contributed by atoms with E-state index in [9.17, 15) is 27.6 Å². The maximum atomic E-state index is 13.8. The maximum Gasteiger partial charge on any atom is 0.431 e. The minimum atomic E-state index is -4.67. The van der Waals surface area contributed by atoms with Crippen molar-refractivity contribution in [3.8, 4) is 5.69 Å². The van der Waals surface area contributed by atoms with E-state index in [1.165, 1.54) is 36.1 Å². The zero-order chi connectivity index (χ0) is 33.1. The van der Waals surface area contributed by atoms with Gasteiger partial charge < -0.3 is 10.1 Å². The monoisotopic (exact) mass is 666 g/mol. The summed E-state index contributed by atoms with van der Waals surface area (Å²) in [4.78, 5) is 38.7. The van der Waals surface area contributed by atoms with Crippen molar-refractivity contribution < 1.29 is 32.3 Å². The first kappa shape index (κ1) is 33.3. The smallest absolute Gasteiger partial charge is 0.431 e. The molecule has 3 amide bonds. The number of halogens is 5. The van der Waals surface area contributed by atoms with Crippen LogP contribution in [0.4, 0.5) is 23.7 Å². The molecule has 0 radical (unpaired) electrons. The molecule has 1 aliphatic heterocycles. The van der Waals surface area contributed by atoms with Gasteiger partial charge in [-0.25, -0.2) is 14.5 Å². The topological polar surface area (TPSA) is 134 Å². The molecule has 1 atom stereocenters. The number of aromatic nitrogens is 2. The largest absolute Gasteiger partial charge is 0.452 e. The molecule has 4 rings (SSSR count). The number of methoxy groups -OCH3 is 1. The minimum absolute atomic E-state index is 0.0688. The molecule has 45 heavy (non-hydrogen) atoms. The number of hydrogen-bond acceptors (Lipinski definition) is 8. The van der Waals surface area contributed by atoms with Crippen LogP contribution >= 0.6 is 23.2 Å². The summed E-state index contributed by atoms with van der Waals surface area (Å²) in [6.07, 6.45) is -4.19. The average Bonchev–Trinajstić information content (AvgIpc) is 3.41. The number of rotatable bonds is 7. The molecule has 2 N–H and O–H groups in total. The highest BCUT2D eigenvalue weighted by atomic mass is 35.5. The number of alkyl halides is 3. The van der Waals surface area contributed by atoms with Crippen molar-refractivity contribution in [3.05, 3.63) is 75.0 Å². The van der Waals surface area contributed by atoms with Crippen LogP contribution in [0.5, 0.6) is 0 Å². The number of benzene rings is 2. The zero-order valence-electron chi connectivity index (χ0n) is 24.3. The van der Waals surface area contributed by atoms with E-state index in [2.05, 4.69) is 30.8 Å². The predicted molar refractivity (Wildman–Crippen MR) is 162 cm³/mol. The van der Waals surface area contributed by atoms with Crippen molar-refractivity contribution in [1.82, 2.24) is 25.3 Å². The van der Waals surface area contributed by atoms with Gasteiger partial charge in [-0.1, -0.05) is 42.3 Å². The number of para-hydroxylation sites is 1. The molecule has 0 spiro atoms. The molecule has 238 valence electrons. The highest BCUT2D eigenvalue weighted by Crippen LogP contribution is 2.29. The van der Waals surface area contributed by atoms with Gasteiger partial charge in [0.1, 0.15) is 12.2 Å². The second-order valence-corrected chi connectivity index (χ2v) is 10.6. The van der Waals surface area contributed by atoms with Crippen LogP contribution in [0.25, 0.3) is 5.69 Å². The summed E-state index contributed by atoms with van der Waals surface area (Å²) in [5, 5.41) is 16.9. The normalized spacial score (nSPS) is 14.6. The SMILES string of the molecule is CCC1C=NN(Cc2cc(C(=O)Nc3c(C)cc(Cl)cc3C(=O)NN(C)C(=O)OC)n(-c3ccccc3Cl)n2)N=C1C(F)(F)F. The Hall–Kier alpha value is -4.63. The van der Waals surface area contributed by atoms with E-state index in [4.69, 9.17) is 23.2 Å². The highest BCUT2D eigenvalue weighted by molar-refractivity contribution is 6.32. The molecule has 3 aromatic rings. The number of carbonyl (C=O) groups is 3. The molecule has 12 nitrogen and oxygen atoms in total. The van der Waals surface area contributed by atoms with E-state index in [0.717, 1.165) is 17.2 Å². The van der Waals surface area contributed by atoms with Gasteiger partial charge in [-0.15, -0.1) is 0 Å². The third-order valence-electron chi connectivity index (χ3n) is 6.56. The van der Waals surface area contributed by atoms with E-state index in [1.807, 2.05) is 0 Å². The maximum absolute atomic E-state index is 13.8. The molecule has 1 aliphatic rings.